The molecule has 0 aliphatic rings. The van der Waals surface area contributed by atoms with Crippen molar-refractivity contribution in [1.82, 2.24) is 0 Å². The van der Waals surface area contributed by atoms with Gasteiger partial charge in [-0.1, -0.05) is 32.0 Å². The van der Waals surface area contributed by atoms with E-state index in [1.165, 1.54) is 12.1 Å². The number of benzene rings is 2. The quantitative estimate of drug-likeness (QED) is 0.835. The van der Waals surface area contributed by atoms with Crippen molar-refractivity contribution in [2.24, 2.45) is 5.92 Å². The number of carbonyl (C=O) groups is 1. The Hall–Kier alpha value is -2.40. The SMILES string of the molecule is CC(C)CN(C(=O)c1ccccc1F)c1cccc(N(C)CCO)c1. The minimum atomic E-state index is -0.519. The summed E-state index contributed by atoms with van der Waals surface area (Å²) in [6.07, 6.45) is 0. The van der Waals surface area contributed by atoms with Gasteiger partial charge in [-0.05, 0) is 36.2 Å². The van der Waals surface area contributed by atoms with E-state index >= 15 is 0 Å². The molecule has 2 aromatic rings. The van der Waals surface area contributed by atoms with Gasteiger partial charge in [0.2, 0.25) is 0 Å². The highest BCUT2D eigenvalue weighted by atomic mass is 19.1. The Morgan fingerprint density at radius 1 is 1.12 bits per heavy atom. The van der Waals surface area contributed by atoms with Crippen molar-refractivity contribution in [3.05, 3.63) is 59.9 Å². The van der Waals surface area contributed by atoms with Crippen molar-refractivity contribution in [3.63, 3.8) is 0 Å². The Bertz CT molecular complexity index is 718. The van der Waals surface area contributed by atoms with Crippen molar-refractivity contribution in [1.29, 1.82) is 0 Å². The highest BCUT2D eigenvalue weighted by molar-refractivity contribution is 6.06. The van der Waals surface area contributed by atoms with Gasteiger partial charge in [-0.2, -0.15) is 0 Å². The number of hydrogen-bond donors (Lipinski definition) is 1. The molecule has 0 saturated carbocycles. The molecule has 0 bridgehead atoms. The normalized spacial score (nSPS) is 10.8. The molecular weight excluding hydrogens is 319 g/mol. The zero-order chi connectivity index (χ0) is 18.4. The first-order valence-corrected chi connectivity index (χ1v) is 8.42. The smallest absolute Gasteiger partial charge is 0.261 e. The van der Waals surface area contributed by atoms with Crippen LogP contribution in [0.2, 0.25) is 0 Å². The molecule has 0 heterocycles. The number of aliphatic hydroxyl groups is 1. The van der Waals surface area contributed by atoms with Crippen LogP contribution < -0.4 is 9.80 Å². The van der Waals surface area contributed by atoms with Crippen LogP contribution in [0.15, 0.2) is 48.5 Å². The van der Waals surface area contributed by atoms with Crippen LogP contribution >= 0.6 is 0 Å². The standard InChI is InChI=1S/C20H25FN2O2/c1-15(2)14-23(20(25)18-9-4-5-10-19(18)21)17-8-6-7-16(13-17)22(3)11-12-24/h4-10,13,15,24H,11-12,14H2,1-3H3. The third-order valence-corrected chi connectivity index (χ3v) is 3.91. The second-order valence-electron chi connectivity index (χ2n) is 6.45. The molecular formula is C20H25FN2O2. The Labute approximate surface area is 148 Å². The number of hydrogen-bond acceptors (Lipinski definition) is 3. The molecule has 0 aliphatic heterocycles. The predicted molar refractivity (Wildman–Crippen MR) is 99.7 cm³/mol. The zero-order valence-corrected chi connectivity index (χ0v) is 14.9. The van der Waals surface area contributed by atoms with Crippen molar-refractivity contribution >= 4 is 17.3 Å². The van der Waals surface area contributed by atoms with Gasteiger partial charge in [0.25, 0.3) is 5.91 Å². The second kappa shape index (κ2) is 8.62. The third kappa shape index (κ3) is 4.79. The number of carbonyl (C=O) groups excluding carboxylic acids is 1. The van der Waals surface area contributed by atoms with Gasteiger partial charge in [0, 0.05) is 31.5 Å². The van der Waals surface area contributed by atoms with Crippen molar-refractivity contribution in [2.45, 2.75) is 13.8 Å². The number of anilines is 2. The average molecular weight is 344 g/mol. The van der Waals surface area contributed by atoms with Crippen LogP contribution in [0.1, 0.15) is 24.2 Å². The number of halogens is 1. The number of likely N-dealkylation sites (N-methyl/N-ethyl adjacent to an activating group) is 1. The van der Waals surface area contributed by atoms with E-state index in [0.29, 0.717) is 18.8 Å². The minimum Gasteiger partial charge on any atom is -0.395 e. The van der Waals surface area contributed by atoms with Crippen LogP contribution in [0.5, 0.6) is 0 Å². The first-order chi connectivity index (χ1) is 11.9. The Balaban J connectivity index is 2.39. The van der Waals surface area contributed by atoms with Gasteiger partial charge in [-0.15, -0.1) is 0 Å². The number of aliphatic hydroxyl groups excluding tert-OH is 1. The van der Waals surface area contributed by atoms with Gasteiger partial charge in [0.05, 0.1) is 12.2 Å². The lowest BCUT2D eigenvalue weighted by Crippen LogP contribution is -2.35. The highest BCUT2D eigenvalue weighted by Crippen LogP contribution is 2.25. The summed E-state index contributed by atoms with van der Waals surface area (Å²) in [5.41, 5.74) is 1.67. The first-order valence-electron chi connectivity index (χ1n) is 8.42. The van der Waals surface area contributed by atoms with E-state index in [1.54, 1.807) is 17.0 Å². The van der Waals surface area contributed by atoms with E-state index in [0.717, 1.165) is 5.69 Å². The van der Waals surface area contributed by atoms with Gasteiger partial charge in [-0.3, -0.25) is 4.79 Å². The summed E-state index contributed by atoms with van der Waals surface area (Å²) in [5, 5.41) is 9.11. The maximum atomic E-state index is 14.1. The highest BCUT2D eigenvalue weighted by Gasteiger charge is 2.22. The second-order valence-corrected chi connectivity index (χ2v) is 6.45. The van der Waals surface area contributed by atoms with Gasteiger partial charge < -0.3 is 14.9 Å². The summed E-state index contributed by atoms with van der Waals surface area (Å²) in [7, 11) is 1.88. The molecule has 1 amide bonds. The number of rotatable bonds is 7. The van der Waals surface area contributed by atoms with E-state index < -0.39 is 5.82 Å². The fourth-order valence-electron chi connectivity index (χ4n) is 2.63. The predicted octanol–water partition coefficient (Wildman–Crippen LogP) is 3.56. The van der Waals surface area contributed by atoms with Gasteiger partial charge in [0.1, 0.15) is 5.82 Å². The molecule has 0 radical (unpaired) electrons. The molecule has 0 unspecified atom stereocenters. The summed E-state index contributed by atoms with van der Waals surface area (Å²) in [4.78, 5) is 16.5. The average Bonchev–Trinajstić information content (AvgIpc) is 2.60. The van der Waals surface area contributed by atoms with Gasteiger partial charge >= 0.3 is 0 Å². The summed E-state index contributed by atoms with van der Waals surface area (Å²) in [6.45, 7) is 5.06. The lowest BCUT2D eigenvalue weighted by atomic mass is 10.1. The molecule has 0 aliphatic carbocycles. The van der Waals surface area contributed by atoms with Crippen molar-refractivity contribution in [3.8, 4) is 0 Å². The molecule has 0 aromatic heterocycles. The summed E-state index contributed by atoms with van der Waals surface area (Å²) in [5.74, 6) is -0.641. The first kappa shape index (κ1) is 18.9. The van der Waals surface area contributed by atoms with E-state index in [1.807, 2.05) is 50.1 Å². The molecule has 1 N–H and O–H groups in total. The zero-order valence-electron chi connectivity index (χ0n) is 14.9. The van der Waals surface area contributed by atoms with Crippen LogP contribution in [-0.2, 0) is 0 Å². The lowest BCUT2D eigenvalue weighted by Gasteiger charge is -2.27. The molecule has 2 rings (SSSR count). The molecule has 134 valence electrons. The minimum absolute atomic E-state index is 0.0462. The summed E-state index contributed by atoms with van der Waals surface area (Å²) >= 11 is 0. The Morgan fingerprint density at radius 2 is 1.80 bits per heavy atom. The Morgan fingerprint density at radius 3 is 2.44 bits per heavy atom. The fraction of sp³-hybridized carbons (Fsp3) is 0.350. The topological polar surface area (TPSA) is 43.8 Å². The van der Waals surface area contributed by atoms with Crippen LogP contribution in [0, 0.1) is 11.7 Å². The summed E-state index contributed by atoms with van der Waals surface area (Å²) < 4.78 is 14.1. The van der Waals surface area contributed by atoms with Crippen molar-refractivity contribution in [2.75, 3.05) is 36.5 Å². The molecule has 25 heavy (non-hydrogen) atoms. The van der Waals surface area contributed by atoms with Crippen molar-refractivity contribution < 1.29 is 14.3 Å². The van der Waals surface area contributed by atoms with E-state index in [9.17, 15) is 9.18 Å². The fourth-order valence-corrected chi connectivity index (χ4v) is 2.63. The Kier molecular flexibility index (Phi) is 6.53. The molecule has 5 heteroatoms. The lowest BCUT2D eigenvalue weighted by molar-refractivity contribution is 0.0980. The number of nitrogens with zero attached hydrogens (tertiary/aromatic N) is 2. The maximum absolute atomic E-state index is 14.1. The van der Waals surface area contributed by atoms with Crippen LogP contribution in [0.3, 0.4) is 0 Å². The third-order valence-electron chi connectivity index (χ3n) is 3.91. The molecule has 0 saturated heterocycles. The molecule has 4 nitrogen and oxygen atoms in total. The van der Waals surface area contributed by atoms with E-state index in [-0.39, 0.29) is 24.0 Å². The number of amides is 1. The van der Waals surface area contributed by atoms with Crippen LogP contribution in [0.4, 0.5) is 15.8 Å². The molecule has 0 fully saturated rings. The summed E-state index contributed by atoms with van der Waals surface area (Å²) in [6, 6.07) is 13.5. The molecule has 0 atom stereocenters. The van der Waals surface area contributed by atoms with Gasteiger partial charge in [-0.25, -0.2) is 4.39 Å². The molecule has 2 aromatic carbocycles. The monoisotopic (exact) mass is 344 g/mol. The van der Waals surface area contributed by atoms with Crippen LogP contribution in [0.25, 0.3) is 0 Å². The maximum Gasteiger partial charge on any atom is 0.261 e. The van der Waals surface area contributed by atoms with Crippen LogP contribution in [-0.4, -0.2) is 37.8 Å². The molecule has 0 spiro atoms. The largest absolute Gasteiger partial charge is 0.395 e. The van der Waals surface area contributed by atoms with E-state index in [4.69, 9.17) is 5.11 Å². The van der Waals surface area contributed by atoms with Gasteiger partial charge in [0.15, 0.2) is 0 Å². The van der Waals surface area contributed by atoms with E-state index in [2.05, 4.69) is 0 Å².